The minimum Gasteiger partial charge on any atom is -0.359 e. The van der Waals surface area contributed by atoms with Gasteiger partial charge in [0, 0.05) is 32.7 Å². The fraction of sp³-hybridized carbons (Fsp3) is 0.444. The Morgan fingerprint density at radius 1 is 1.17 bits per heavy atom. The Labute approximate surface area is 142 Å². The van der Waals surface area contributed by atoms with E-state index in [1.807, 2.05) is 17.9 Å². The fourth-order valence-corrected chi connectivity index (χ4v) is 2.95. The number of benzene rings is 1. The molecule has 1 aromatic heterocycles. The molecule has 1 fully saturated rings. The predicted octanol–water partition coefficient (Wildman–Crippen LogP) is 2.68. The van der Waals surface area contributed by atoms with Gasteiger partial charge >= 0.3 is 6.03 Å². The number of aryl methyl sites for hydroxylation is 2. The molecule has 1 aliphatic rings. The minimum absolute atomic E-state index is 0.0768. The molecule has 3 rings (SSSR count). The van der Waals surface area contributed by atoms with E-state index in [0.29, 0.717) is 17.1 Å². The second-order valence-electron chi connectivity index (χ2n) is 6.19. The number of carbonyl (C=O) groups excluding carboxylic acids is 1. The van der Waals surface area contributed by atoms with Gasteiger partial charge in [0.15, 0.2) is 5.76 Å². The molecule has 0 saturated carbocycles. The number of amides is 2. The van der Waals surface area contributed by atoms with Crippen molar-refractivity contribution in [2.75, 3.05) is 38.0 Å². The number of anilines is 1. The molecule has 6 nitrogen and oxygen atoms in total. The first-order valence-corrected chi connectivity index (χ1v) is 8.38. The largest absolute Gasteiger partial charge is 0.359 e. The van der Waals surface area contributed by atoms with Crippen LogP contribution >= 0.6 is 0 Å². The summed E-state index contributed by atoms with van der Waals surface area (Å²) in [4.78, 5) is 16.6. The van der Waals surface area contributed by atoms with Crippen molar-refractivity contribution in [1.29, 1.82) is 0 Å². The van der Waals surface area contributed by atoms with Gasteiger partial charge < -0.3 is 14.7 Å². The predicted molar refractivity (Wildman–Crippen MR) is 93.2 cm³/mol. The lowest BCUT2D eigenvalue weighted by Crippen LogP contribution is -2.50. The van der Waals surface area contributed by atoms with Gasteiger partial charge in [-0.1, -0.05) is 35.5 Å². The van der Waals surface area contributed by atoms with Crippen molar-refractivity contribution in [3.8, 4) is 0 Å². The summed E-state index contributed by atoms with van der Waals surface area (Å²) in [5, 5.41) is 6.78. The van der Waals surface area contributed by atoms with E-state index in [1.165, 1.54) is 5.56 Å². The molecule has 0 atom stereocenters. The van der Waals surface area contributed by atoms with Crippen LogP contribution < -0.4 is 5.32 Å². The summed E-state index contributed by atoms with van der Waals surface area (Å²) in [6.45, 7) is 7.95. The third-order valence-corrected chi connectivity index (χ3v) is 4.48. The van der Waals surface area contributed by atoms with Crippen LogP contribution in [0.5, 0.6) is 0 Å². The van der Waals surface area contributed by atoms with Crippen LogP contribution in [-0.4, -0.2) is 53.7 Å². The maximum atomic E-state index is 12.4. The normalized spacial score (nSPS) is 15.5. The molecule has 0 spiro atoms. The maximum absolute atomic E-state index is 12.4. The first-order valence-electron chi connectivity index (χ1n) is 8.38. The van der Waals surface area contributed by atoms with Crippen LogP contribution in [0.2, 0.25) is 0 Å². The summed E-state index contributed by atoms with van der Waals surface area (Å²) in [5.41, 5.74) is 2.75. The van der Waals surface area contributed by atoms with E-state index in [-0.39, 0.29) is 6.03 Å². The van der Waals surface area contributed by atoms with E-state index >= 15 is 0 Å². The first kappa shape index (κ1) is 16.5. The van der Waals surface area contributed by atoms with Gasteiger partial charge in [-0.2, -0.15) is 0 Å². The molecule has 1 aliphatic heterocycles. The Kier molecular flexibility index (Phi) is 5.15. The van der Waals surface area contributed by atoms with Crippen LogP contribution in [-0.2, 0) is 6.42 Å². The Bertz CT molecular complexity index is 656. The van der Waals surface area contributed by atoms with Gasteiger partial charge in [0.25, 0.3) is 0 Å². The number of hydrogen-bond donors (Lipinski definition) is 1. The van der Waals surface area contributed by atoms with Gasteiger partial charge in [0.2, 0.25) is 0 Å². The maximum Gasteiger partial charge on any atom is 0.322 e. The summed E-state index contributed by atoms with van der Waals surface area (Å²) in [6, 6.07) is 10.4. The molecule has 0 radical (unpaired) electrons. The zero-order valence-corrected chi connectivity index (χ0v) is 14.3. The minimum atomic E-state index is -0.0768. The second-order valence-corrected chi connectivity index (χ2v) is 6.19. The van der Waals surface area contributed by atoms with E-state index in [2.05, 4.69) is 39.6 Å². The third-order valence-electron chi connectivity index (χ3n) is 4.48. The summed E-state index contributed by atoms with van der Waals surface area (Å²) >= 11 is 0. The van der Waals surface area contributed by atoms with Gasteiger partial charge in [-0.3, -0.25) is 4.90 Å². The Morgan fingerprint density at radius 3 is 2.50 bits per heavy atom. The lowest BCUT2D eigenvalue weighted by atomic mass is 10.1. The zero-order valence-electron chi connectivity index (χ0n) is 14.3. The van der Waals surface area contributed by atoms with Crippen molar-refractivity contribution >= 4 is 11.7 Å². The number of hydrogen-bond acceptors (Lipinski definition) is 4. The van der Waals surface area contributed by atoms with Gasteiger partial charge in [-0.25, -0.2) is 4.79 Å². The molecule has 1 aromatic carbocycles. The summed E-state index contributed by atoms with van der Waals surface area (Å²) < 4.78 is 5.08. The number of nitrogens with one attached hydrogen (secondary N) is 1. The third kappa shape index (κ3) is 3.94. The molecule has 2 amide bonds. The number of urea groups is 1. The number of rotatable bonds is 4. The molecule has 0 bridgehead atoms. The van der Waals surface area contributed by atoms with Crippen LogP contribution in [0, 0.1) is 13.8 Å². The number of aromatic nitrogens is 1. The second kappa shape index (κ2) is 7.49. The molecule has 1 saturated heterocycles. The highest BCUT2D eigenvalue weighted by Gasteiger charge is 2.22. The van der Waals surface area contributed by atoms with E-state index in [0.717, 1.165) is 39.1 Å². The summed E-state index contributed by atoms with van der Waals surface area (Å²) in [5.74, 6) is 0.641. The average Bonchev–Trinajstić information content (AvgIpc) is 2.93. The van der Waals surface area contributed by atoms with Gasteiger partial charge in [-0.05, 0) is 25.8 Å². The lowest BCUT2D eigenvalue weighted by molar-refractivity contribution is 0.148. The van der Waals surface area contributed by atoms with Crippen LogP contribution in [0.25, 0.3) is 0 Å². The van der Waals surface area contributed by atoms with Crippen LogP contribution in [0.4, 0.5) is 10.5 Å². The highest BCUT2D eigenvalue weighted by Crippen LogP contribution is 2.19. The van der Waals surface area contributed by atoms with E-state index in [1.54, 1.807) is 6.92 Å². The molecule has 0 aliphatic carbocycles. The fourth-order valence-electron chi connectivity index (χ4n) is 2.95. The smallest absolute Gasteiger partial charge is 0.322 e. The number of carbonyl (C=O) groups is 1. The zero-order chi connectivity index (χ0) is 16.9. The van der Waals surface area contributed by atoms with E-state index in [4.69, 9.17) is 4.52 Å². The van der Waals surface area contributed by atoms with Crippen molar-refractivity contribution in [3.63, 3.8) is 0 Å². The standard InChI is InChI=1S/C18H24N4O2/c1-14-17(15(2)24-20-14)19-18(23)22-12-10-21(11-13-22)9-8-16-6-4-3-5-7-16/h3-7H,8-13H2,1-2H3,(H,19,23). The molecule has 2 heterocycles. The van der Waals surface area contributed by atoms with Gasteiger partial charge in [0.05, 0.1) is 0 Å². The van der Waals surface area contributed by atoms with E-state index in [9.17, 15) is 4.79 Å². The van der Waals surface area contributed by atoms with Crippen LogP contribution in [0.1, 0.15) is 17.0 Å². The topological polar surface area (TPSA) is 61.6 Å². The molecular formula is C18H24N4O2. The van der Waals surface area contributed by atoms with Gasteiger partial charge in [0.1, 0.15) is 11.4 Å². The van der Waals surface area contributed by atoms with Crippen molar-refractivity contribution < 1.29 is 9.32 Å². The number of nitrogens with zero attached hydrogens (tertiary/aromatic N) is 3. The van der Waals surface area contributed by atoms with E-state index < -0.39 is 0 Å². The molecule has 0 unspecified atom stereocenters. The lowest BCUT2D eigenvalue weighted by Gasteiger charge is -2.34. The molecule has 2 aromatic rings. The SMILES string of the molecule is Cc1noc(C)c1NC(=O)N1CCN(CCc2ccccc2)CC1. The summed E-state index contributed by atoms with van der Waals surface area (Å²) in [6.07, 6.45) is 1.05. The molecular weight excluding hydrogens is 304 g/mol. The van der Waals surface area contributed by atoms with Crippen molar-refractivity contribution in [3.05, 3.63) is 47.3 Å². The Morgan fingerprint density at radius 2 is 1.88 bits per heavy atom. The van der Waals surface area contributed by atoms with Crippen molar-refractivity contribution in [2.24, 2.45) is 0 Å². The van der Waals surface area contributed by atoms with Crippen molar-refractivity contribution in [2.45, 2.75) is 20.3 Å². The quantitative estimate of drug-likeness (QED) is 0.937. The van der Waals surface area contributed by atoms with Crippen LogP contribution in [0.3, 0.4) is 0 Å². The average molecular weight is 328 g/mol. The Hall–Kier alpha value is -2.34. The summed E-state index contributed by atoms with van der Waals surface area (Å²) in [7, 11) is 0. The Balaban J connectivity index is 1.45. The molecule has 128 valence electrons. The highest BCUT2D eigenvalue weighted by atomic mass is 16.5. The first-order chi connectivity index (χ1) is 11.6. The number of piperazine rings is 1. The van der Waals surface area contributed by atoms with Crippen LogP contribution in [0.15, 0.2) is 34.9 Å². The molecule has 24 heavy (non-hydrogen) atoms. The highest BCUT2D eigenvalue weighted by molar-refractivity contribution is 5.90. The molecule has 1 N–H and O–H groups in total. The van der Waals surface area contributed by atoms with Gasteiger partial charge in [-0.15, -0.1) is 0 Å². The van der Waals surface area contributed by atoms with Crippen molar-refractivity contribution in [1.82, 2.24) is 15.0 Å². The molecule has 6 heteroatoms. The monoisotopic (exact) mass is 328 g/mol.